The monoisotopic (exact) mass is 295 g/mol. The van der Waals surface area contributed by atoms with Crippen molar-refractivity contribution in [3.8, 4) is 0 Å². The molecule has 0 N–H and O–H groups in total. The van der Waals surface area contributed by atoms with Crippen molar-refractivity contribution in [1.29, 1.82) is 0 Å². The molecule has 108 valence electrons. The van der Waals surface area contributed by atoms with Gasteiger partial charge < -0.3 is 9.64 Å². The Hall–Kier alpha value is -1.55. The van der Waals surface area contributed by atoms with Gasteiger partial charge in [-0.05, 0) is 30.0 Å². The molecule has 1 aromatic carbocycles. The van der Waals surface area contributed by atoms with Crippen LogP contribution in [0.1, 0.15) is 24.3 Å². The number of ether oxygens (including phenoxy) is 1. The largest absolute Gasteiger partial charge is 0.469 e. The number of esters is 1. The van der Waals surface area contributed by atoms with Gasteiger partial charge in [0, 0.05) is 24.5 Å². The van der Waals surface area contributed by atoms with E-state index in [9.17, 15) is 9.59 Å². The van der Waals surface area contributed by atoms with Gasteiger partial charge in [0.25, 0.3) is 0 Å². The first-order valence-electron chi connectivity index (χ1n) is 6.60. The van der Waals surface area contributed by atoms with E-state index in [1.807, 2.05) is 24.3 Å². The lowest BCUT2D eigenvalue weighted by molar-refractivity contribution is -0.141. The van der Waals surface area contributed by atoms with E-state index < -0.39 is 0 Å². The van der Waals surface area contributed by atoms with Gasteiger partial charge in [0.05, 0.1) is 13.5 Å². The molecule has 0 heterocycles. The zero-order valence-electron chi connectivity index (χ0n) is 11.6. The molecule has 4 nitrogen and oxygen atoms in total. The summed E-state index contributed by atoms with van der Waals surface area (Å²) in [6.07, 6.45) is 1.10. The highest BCUT2D eigenvalue weighted by Gasteiger charge is 2.45. The van der Waals surface area contributed by atoms with E-state index in [4.69, 9.17) is 11.6 Å². The van der Waals surface area contributed by atoms with Crippen molar-refractivity contribution in [2.24, 2.45) is 5.92 Å². The lowest BCUT2D eigenvalue weighted by atomic mass is 10.1. The number of nitrogens with zero attached hydrogens (tertiary/aromatic N) is 1. The minimum Gasteiger partial charge on any atom is -0.469 e. The number of hydrogen-bond donors (Lipinski definition) is 0. The topological polar surface area (TPSA) is 46.6 Å². The molecule has 0 aliphatic heterocycles. The highest BCUT2D eigenvalue weighted by molar-refractivity contribution is 6.30. The summed E-state index contributed by atoms with van der Waals surface area (Å²) in [5.74, 6) is 0.0997. The van der Waals surface area contributed by atoms with Gasteiger partial charge in [0.15, 0.2) is 0 Å². The van der Waals surface area contributed by atoms with Crippen LogP contribution in [0.5, 0.6) is 0 Å². The number of amides is 1. The Morgan fingerprint density at radius 3 is 2.60 bits per heavy atom. The molecule has 0 radical (unpaired) electrons. The lowest BCUT2D eigenvalue weighted by Gasteiger charge is -2.16. The molecule has 1 aliphatic carbocycles. The molecule has 2 atom stereocenters. The zero-order valence-corrected chi connectivity index (χ0v) is 12.4. The Morgan fingerprint density at radius 1 is 1.35 bits per heavy atom. The second-order valence-electron chi connectivity index (χ2n) is 5.09. The van der Waals surface area contributed by atoms with Gasteiger partial charge in [-0.1, -0.05) is 23.7 Å². The molecule has 0 aromatic heterocycles. The molecule has 1 amide bonds. The van der Waals surface area contributed by atoms with E-state index in [-0.39, 0.29) is 30.1 Å². The highest BCUT2D eigenvalue weighted by atomic mass is 35.5. The summed E-state index contributed by atoms with van der Waals surface area (Å²) >= 11 is 5.85. The fraction of sp³-hybridized carbons (Fsp3) is 0.467. The van der Waals surface area contributed by atoms with Crippen LogP contribution < -0.4 is 0 Å². The summed E-state index contributed by atoms with van der Waals surface area (Å²) < 4.78 is 4.57. The Kier molecular flexibility index (Phi) is 4.65. The van der Waals surface area contributed by atoms with Crippen molar-refractivity contribution in [2.75, 3.05) is 20.7 Å². The van der Waals surface area contributed by atoms with Crippen molar-refractivity contribution >= 4 is 23.5 Å². The first-order chi connectivity index (χ1) is 9.52. The highest BCUT2D eigenvalue weighted by Crippen LogP contribution is 2.48. The Balaban J connectivity index is 1.86. The minimum atomic E-state index is -0.297. The average Bonchev–Trinajstić information content (AvgIpc) is 3.24. The van der Waals surface area contributed by atoms with E-state index in [1.54, 1.807) is 11.9 Å². The maximum atomic E-state index is 12.2. The Bertz CT molecular complexity index is 500. The third kappa shape index (κ3) is 3.51. The molecule has 0 saturated heterocycles. The van der Waals surface area contributed by atoms with Crippen molar-refractivity contribution in [3.63, 3.8) is 0 Å². The van der Waals surface area contributed by atoms with E-state index in [2.05, 4.69) is 4.74 Å². The maximum Gasteiger partial charge on any atom is 0.307 e. The quantitative estimate of drug-likeness (QED) is 0.784. The summed E-state index contributed by atoms with van der Waals surface area (Å²) in [6, 6.07) is 7.62. The molecule has 0 spiro atoms. The van der Waals surface area contributed by atoms with Crippen LogP contribution in [0.25, 0.3) is 0 Å². The molecule has 1 fully saturated rings. The predicted molar refractivity (Wildman–Crippen MR) is 76.6 cm³/mol. The maximum absolute atomic E-state index is 12.2. The van der Waals surface area contributed by atoms with Gasteiger partial charge in [-0.15, -0.1) is 0 Å². The van der Waals surface area contributed by atoms with Crippen LogP contribution >= 0.6 is 11.6 Å². The molecule has 1 aromatic rings. The van der Waals surface area contributed by atoms with Crippen LogP contribution in [0, 0.1) is 5.92 Å². The van der Waals surface area contributed by atoms with Gasteiger partial charge in [0.1, 0.15) is 0 Å². The van der Waals surface area contributed by atoms with Gasteiger partial charge in [-0.2, -0.15) is 0 Å². The summed E-state index contributed by atoms with van der Waals surface area (Å²) in [5.41, 5.74) is 1.15. The van der Waals surface area contributed by atoms with Crippen LogP contribution in [0.15, 0.2) is 24.3 Å². The molecular formula is C15H18ClNO3. The molecule has 0 bridgehead atoms. The number of hydrogen-bond acceptors (Lipinski definition) is 3. The Labute approximate surface area is 123 Å². The summed E-state index contributed by atoms with van der Waals surface area (Å²) in [4.78, 5) is 24.9. The van der Waals surface area contributed by atoms with Crippen LogP contribution in [0.3, 0.4) is 0 Å². The number of rotatable bonds is 5. The molecular weight excluding hydrogens is 278 g/mol. The predicted octanol–water partition coefficient (Wildman–Crippen LogP) is 2.47. The third-order valence-electron chi connectivity index (χ3n) is 3.66. The molecule has 1 aliphatic rings. The normalized spacial score (nSPS) is 20.4. The standard InChI is InChI=1S/C15H18ClNO3/c1-17(8-7-14(18)20-2)15(19)13-9-12(13)10-3-5-11(16)6-4-10/h3-6,12-13H,7-9H2,1-2H3/t12-,13+/m1/s1. The second-order valence-corrected chi connectivity index (χ2v) is 5.52. The first-order valence-corrected chi connectivity index (χ1v) is 6.98. The second kappa shape index (κ2) is 6.27. The SMILES string of the molecule is COC(=O)CCN(C)C(=O)[C@H]1C[C@@H]1c1ccc(Cl)cc1. The number of halogens is 1. The van der Waals surface area contributed by atoms with Gasteiger partial charge in [0.2, 0.25) is 5.91 Å². The minimum absolute atomic E-state index is 0.0267. The van der Waals surface area contributed by atoms with E-state index >= 15 is 0 Å². The fourth-order valence-corrected chi connectivity index (χ4v) is 2.43. The van der Waals surface area contributed by atoms with Gasteiger partial charge in [-0.3, -0.25) is 9.59 Å². The summed E-state index contributed by atoms with van der Waals surface area (Å²) in [5, 5.41) is 0.701. The Morgan fingerprint density at radius 2 is 2.00 bits per heavy atom. The molecule has 1 saturated carbocycles. The van der Waals surface area contributed by atoms with E-state index in [1.165, 1.54) is 7.11 Å². The first kappa shape index (κ1) is 14.9. The lowest BCUT2D eigenvalue weighted by Crippen LogP contribution is -2.30. The van der Waals surface area contributed by atoms with Crippen LogP contribution in [-0.4, -0.2) is 37.5 Å². The fourth-order valence-electron chi connectivity index (χ4n) is 2.30. The van der Waals surface area contributed by atoms with E-state index in [0.29, 0.717) is 11.6 Å². The molecule has 0 unspecified atom stereocenters. The van der Waals surface area contributed by atoms with Crippen LogP contribution in [0.2, 0.25) is 5.02 Å². The summed E-state index contributed by atoms with van der Waals surface area (Å²) in [6.45, 7) is 0.398. The van der Waals surface area contributed by atoms with Crippen LogP contribution in [-0.2, 0) is 14.3 Å². The number of benzene rings is 1. The smallest absolute Gasteiger partial charge is 0.307 e. The molecule has 2 rings (SSSR count). The van der Waals surface area contributed by atoms with Crippen molar-refractivity contribution in [1.82, 2.24) is 4.90 Å². The van der Waals surface area contributed by atoms with Crippen LogP contribution in [0.4, 0.5) is 0 Å². The van der Waals surface area contributed by atoms with Gasteiger partial charge >= 0.3 is 5.97 Å². The van der Waals surface area contributed by atoms with E-state index in [0.717, 1.165) is 12.0 Å². The number of methoxy groups -OCH3 is 1. The molecule has 20 heavy (non-hydrogen) atoms. The summed E-state index contributed by atoms with van der Waals surface area (Å²) in [7, 11) is 3.07. The zero-order chi connectivity index (χ0) is 14.7. The van der Waals surface area contributed by atoms with Gasteiger partial charge in [-0.25, -0.2) is 0 Å². The number of carbonyl (C=O) groups is 2. The van der Waals surface area contributed by atoms with Crippen molar-refractivity contribution in [2.45, 2.75) is 18.8 Å². The third-order valence-corrected chi connectivity index (χ3v) is 3.91. The molecule has 5 heteroatoms. The average molecular weight is 296 g/mol. The van der Waals surface area contributed by atoms with Crippen molar-refractivity contribution in [3.05, 3.63) is 34.9 Å². The van der Waals surface area contributed by atoms with Crippen molar-refractivity contribution < 1.29 is 14.3 Å². The number of carbonyl (C=O) groups excluding carboxylic acids is 2.